The lowest BCUT2D eigenvalue weighted by molar-refractivity contribution is -0.118. The van der Waals surface area contributed by atoms with Gasteiger partial charge in [-0.1, -0.05) is 32.9 Å². The molecule has 0 atom stereocenters. The fraction of sp³-hybridized carbons (Fsp3) is 0.368. The number of hydrogen-bond acceptors (Lipinski definition) is 6. The molecule has 0 N–H and O–H groups in total. The van der Waals surface area contributed by atoms with Crippen molar-refractivity contribution in [3.05, 3.63) is 35.7 Å². The lowest BCUT2D eigenvalue weighted by atomic mass is 10.2. The predicted octanol–water partition coefficient (Wildman–Crippen LogP) is 3.71. The summed E-state index contributed by atoms with van der Waals surface area (Å²) in [4.78, 5) is 29.6. The summed E-state index contributed by atoms with van der Waals surface area (Å²) >= 11 is 1.35. The van der Waals surface area contributed by atoms with E-state index in [4.69, 9.17) is 4.74 Å². The van der Waals surface area contributed by atoms with Gasteiger partial charge >= 0.3 is 0 Å². The SMILES string of the molecule is CCC(=O)N1N=C(c2cccc(OC)c2)Sc2c1nc(CC)n2C(=O)CC. The lowest BCUT2D eigenvalue weighted by Gasteiger charge is -2.22. The summed E-state index contributed by atoms with van der Waals surface area (Å²) < 4.78 is 6.91. The summed E-state index contributed by atoms with van der Waals surface area (Å²) in [5, 5.41) is 7.11. The van der Waals surface area contributed by atoms with Gasteiger partial charge in [-0.3, -0.25) is 14.2 Å². The molecule has 0 aliphatic carbocycles. The second-order valence-corrected chi connectivity index (χ2v) is 6.87. The normalized spacial score (nSPS) is 13.2. The van der Waals surface area contributed by atoms with Gasteiger partial charge in [0.15, 0.2) is 5.82 Å². The van der Waals surface area contributed by atoms with Gasteiger partial charge in [-0.05, 0) is 23.9 Å². The third-order valence-corrected chi connectivity index (χ3v) is 5.26. The van der Waals surface area contributed by atoms with Gasteiger partial charge in [-0.25, -0.2) is 4.98 Å². The first-order chi connectivity index (χ1) is 13.0. The fourth-order valence-corrected chi connectivity index (χ4v) is 3.84. The highest BCUT2D eigenvalue weighted by atomic mass is 32.2. The van der Waals surface area contributed by atoms with Crippen molar-refractivity contribution in [2.45, 2.75) is 45.1 Å². The molecule has 1 aromatic heterocycles. The number of amides is 1. The summed E-state index contributed by atoms with van der Waals surface area (Å²) in [6.07, 6.45) is 1.22. The first-order valence-corrected chi connectivity index (χ1v) is 9.74. The van der Waals surface area contributed by atoms with Crippen LogP contribution >= 0.6 is 11.8 Å². The van der Waals surface area contributed by atoms with Gasteiger partial charge in [0, 0.05) is 24.8 Å². The molecule has 2 aromatic rings. The van der Waals surface area contributed by atoms with E-state index in [1.54, 1.807) is 18.6 Å². The topological polar surface area (TPSA) is 76.8 Å². The molecule has 1 aliphatic rings. The number of imidazole rings is 1. The van der Waals surface area contributed by atoms with Crippen LogP contribution in [0.15, 0.2) is 34.4 Å². The van der Waals surface area contributed by atoms with E-state index in [1.165, 1.54) is 16.8 Å². The second-order valence-electron chi connectivity index (χ2n) is 5.89. The van der Waals surface area contributed by atoms with Gasteiger partial charge in [0.2, 0.25) is 11.8 Å². The minimum Gasteiger partial charge on any atom is -0.497 e. The maximum atomic E-state index is 12.6. The fourth-order valence-electron chi connectivity index (χ4n) is 2.77. The van der Waals surface area contributed by atoms with Crippen molar-refractivity contribution in [3.63, 3.8) is 0 Å². The highest BCUT2D eigenvalue weighted by Crippen LogP contribution is 2.39. The van der Waals surface area contributed by atoms with E-state index < -0.39 is 0 Å². The van der Waals surface area contributed by atoms with Crippen molar-refractivity contribution >= 4 is 34.4 Å². The van der Waals surface area contributed by atoms with Crippen LogP contribution in [0.25, 0.3) is 0 Å². The van der Waals surface area contributed by atoms with Gasteiger partial charge in [-0.15, -0.1) is 0 Å². The Labute approximate surface area is 162 Å². The van der Waals surface area contributed by atoms with E-state index >= 15 is 0 Å². The Balaban J connectivity index is 2.16. The van der Waals surface area contributed by atoms with Crippen molar-refractivity contribution in [2.75, 3.05) is 12.1 Å². The molecule has 0 saturated heterocycles. The maximum absolute atomic E-state index is 12.6. The van der Waals surface area contributed by atoms with E-state index in [0.29, 0.717) is 40.3 Å². The van der Waals surface area contributed by atoms with Gasteiger partial charge in [0.25, 0.3) is 0 Å². The number of hydrogen-bond donors (Lipinski definition) is 0. The monoisotopic (exact) mass is 386 g/mol. The van der Waals surface area contributed by atoms with E-state index in [1.807, 2.05) is 38.1 Å². The van der Waals surface area contributed by atoms with Crippen molar-refractivity contribution in [1.29, 1.82) is 0 Å². The zero-order valence-electron chi connectivity index (χ0n) is 15.9. The number of fused-ring (bicyclic) bond motifs is 1. The van der Waals surface area contributed by atoms with Crippen molar-refractivity contribution < 1.29 is 14.3 Å². The van der Waals surface area contributed by atoms with Gasteiger partial charge in [0.1, 0.15) is 21.6 Å². The molecule has 0 radical (unpaired) electrons. The molecule has 0 fully saturated rings. The maximum Gasteiger partial charge on any atom is 0.248 e. The average Bonchev–Trinajstić information content (AvgIpc) is 3.10. The Hall–Kier alpha value is -2.61. The molecular formula is C19H22N4O3S. The number of ether oxygens (including phenoxy) is 1. The molecule has 1 amide bonds. The van der Waals surface area contributed by atoms with Crippen LogP contribution in [0.4, 0.5) is 5.82 Å². The number of anilines is 1. The van der Waals surface area contributed by atoms with Crippen LogP contribution in [0.2, 0.25) is 0 Å². The van der Waals surface area contributed by atoms with Crippen LogP contribution in [0.5, 0.6) is 5.75 Å². The number of methoxy groups -OCH3 is 1. The molecule has 7 nitrogen and oxygen atoms in total. The molecule has 0 saturated carbocycles. The number of benzene rings is 1. The predicted molar refractivity (Wildman–Crippen MR) is 106 cm³/mol. The van der Waals surface area contributed by atoms with Crippen LogP contribution in [0, 0.1) is 0 Å². The number of nitrogens with zero attached hydrogens (tertiary/aromatic N) is 4. The van der Waals surface area contributed by atoms with Gasteiger partial charge in [-0.2, -0.15) is 10.1 Å². The number of rotatable bonds is 5. The highest BCUT2D eigenvalue weighted by molar-refractivity contribution is 8.14. The van der Waals surface area contributed by atoms with E-state index in [2.05, 4.69) is 10.1 Å². The molecule has 2 heterocycles. The molecule has 0 unspecified atom stereocenters. The Morgan fingerprint density at radius 3 is 2.52 bits per heavy atom. The Bertz CT molecular complexity index is 920. The van der Waals surface area contributed by atoms with Gasteiger partial charge in [0.05, 0.1) is 7.11 Å². The second kappa shape index (κ2) is 7.96. The standard InChI is InChI=1S/C19H22N4O3S/c1-5-14-20-17-19(22(14)15(24)6-2)27-18(21-23(17)16(25)7-3)12-9-8-10-13(11-12)26-4/h8-11H,5-7H2,1-4H3. The number of aryl methyl sites for hydroxylation is 1. The molecule has 0 spiro atoms. The van der Waals surface area contributed by atoms with E-state index in [-0.39, 0.29) is 18.2 Å². The molecule has 1 aliphatic heterocycles. The van der Waals surface area contributed by atoms with Crippen LogP contribution in [0.3, 0.4) is 0 Å². The number of hydrazone groups is 1. The molecule has 0 bridgehead atoms. The molecule has 1 aromatic carbocycles. The van der Waals surface area contributed by atoms with Crippen molar-refractivity contribution in [1.82, 2.24) is 9.55 Å². The minimum atomic E-state index is -0.173. The summed E-state index contributed by atoms with van der Waals surface area (Å²) in [6, 6.07) is 7.47. The average molecular weight is 386 g/mol. The summed E-state index contributed by atoms with van der Waals surface area (Å²) in [5.41, 5.74) is 0.814. The van der Waals surface area contributed by atoms with Crippen LogP contribution in [-0.2, 0) is 11.2 Å². The quantitative estimate of drug-likeness (QED) is 0.783. The summed E-state index contributed by atoms with van der Waals surface area (Å²) in [5.74, 6) is 1.53. The molecule has 142 valence electrons. The number of aromatic nitrogens is 2. The Morgan fingerprint density at radius 1 is 1.15 bits per heavy atom. The molecule has 8 heteroatoms. The first-order valence-electron chi connectivity index (χ1n) is 8.92. The molecule has 3 rings (SSSR count). The lowest BCUT2D eigenvalue weighted by Crippen LogP contribution is -2.29. The van der Waals surface area contributed by atoms with E-state index in [0.717, 1.165) is 5.56 Å². The van der Waals surface area contributed by atoms with Gasteiger partial charge < -0.3 is 4.74 Å². The van der Waals surface area contributed by atoms with Crippen LogP contribution in [0.1, 0.15) is 49.8 Å². The Kier molecular flexibility index (Phi) is 5.65. The third-order valence-electron chi connectivity index (χ3n) is 4.20. The smallest absolute Gasteiger partial charge is 0.248 e. The van der Waals surface area contributed by atoms with Crippen molar-refractivity contribution in [3.8, 4) is 5.75 Å². The summed E-state index contributed by atoms with van der Waals surface area (Å²) in [7, 11) is 1.60. The number of thioether (sulfide) groups is 1. The third kappa shape index (κ3) is 3.49. The number of carbonyl (C=O) groups excluding carboxylic acids is 2. The largest absolute Gasteiger partial charge is 0.497 e. The zero-order chi connectivity index (χ0) is 19.6. The number of carbonyl (C=O) groups is 2. The Morgan fingerprint density at radius 2 is 1.89 bits per heavy atom. The first kappa shape index (κ1) is 19.2. The van der Waals surface area contributed by atoms with Crippen molar-refractivity contribution in [2.24, 2.45) is 5.10 Å². The molecule has 27 heavy (non-hydrogen) atoms. The van der Waals surface area contributed by atoms with E-state index in [9.17, 15) is 9.59 Å². The zero-order valence-corrected chi connectivity index (χ0v) is 16.7. The van der Waals surface area contributed by atoms with Crippen LogP contribution < -0.4 is 9.75 Å². The van der Waals surface area contributed by atoms with Crippen LogP contribution in [-0.4, -0.2) is 33.5 Å². The highest BCUT2D eigenvalue weighted by Gasteiger charge is 2.32. The molecular weight excluding hydrogens is 364 g/mol. The minimum absolute atomic E-state index is 0.0520. The summed E-state index contributed by atoms with van der Waals surface area (Å²) in [6.45, 7) is 5.53.